The van der Waals surface area contributed by atoms with Crippen LogP contribution in [0.15, 0.2) is 47.5 Å². The number of aliphatic imine (C=N–C) groups is 1. The molecule has 0 amide bonds. The molecule has 0 aliphatic heterocycles. The van der Waals surface area contributed by atoms with Crippen LogP contribution in [0.1, 0.15) is 29.2 Å². The molecule has 0 unspecified atom stereocenters. The molecule has 0 radical (unpaired) electrons. The molecule has 0 saturated carbocycles. The van der Waals surface area contributed by atoms with Crippen LogP contribution in [-0.2, 0) is 6.42 Å². The smallest absolute Gasteiger partial charge is 0.0642 e. The first-order chi connectivity index (χ1) is 9.21. The van der Waals surface area contributed by atoms with Crippen molar-refractivity contribution in [1.29, 1.82) is 0 Å². The summed E-state index contributed by atoms with van der Waals surface area (Å²) in [6, 6.07) is 14.2. The minimum atomic E-state index is 0.855. The summed E-state index contributed by atoms with van der Waals surface area (Å²) in [4.78, 5) is 4.48. The van der Waals surface area contributed by atoms with Crippen molar-refractivity contribution in [2.75, 3.05) is 0 Å². The minimum absolute atomic E-state index is 0.855. The van der Waals surface area contributed by atoms with E-state index in [2.05, 4.69) is 43.0 Å². The van der Waals surface area contributed by atoms with E-state index in [-0.39, 0.29) is 0 Å². The fourth-order valence-corrected chi connectivity index (χ4v) is 2.00. The van der Waals surface area contributed by atoms with E-state index in [1.165, 1.54) is 11.1 Å². The third-order valence-electron chi connectivity index (χ3n) is 2.94. The molecule has 94 valence electrons. The third kappa shape index (κ3) is 3.56. The summed E-state index contributed by atoms with van der Waals surface area (Å²) in [7, 11) is 0. The van der Waals surface area contributed by atoms with Gasteiger partial charge in [-0.25, -0.2) is 0 Å². The summed E-state index contributed by atoms with van der Waals surface area (Å²) in [6.45, 7) is 4.27. The van der Waals surface area contributed by atoms with E-state index >= 15 is 0 Å². The van der Waals surface area contributed by atoms with E-state index in [0.29, 0.717) is 0 Å². The minimum Gasteiger partial charge on any atom is -0.256 e. The number of nitrogens with zero attached hydrogens (tertiary/aromatic N) is 1. The van der Waals surface area contributed by atoms with Gasteiger partial charge in [0, 0.05) is 11.8 Å². The lowest BCUT2D eigenvalue weighted by atomic mass is 10.1. The van der Waals surface area contributed by atoms with Gasteiger partial charge in [-0.2, -0.15) is 0 Å². The van der Waals surface area contributed by atoms with Crippen LogP contribution < -0.4 is 0 Å². The third-order valence-corrected chi connectivity index (χ3v) is 2.94. The van der Waals surface area contributed by atoms with Gasteiger partial charge in [-0.3, -0.25) is 4.99 Å². The molecule has 1 heteroatoms. The van der Waals surface area contributed by atoms with Crippen LogP contribution in [0.2, 0.25) is 0 Å². The zero-order chi connectivity index (χ0) is 13.7. The lowest BCUT2D eigenvalue weighted by molar-refractivity contribution is 1.13. The molecule has 0 atom stereocenters. The summed E-state index contributed by atoms with van der Waals surface area (Å²) >= 11 is 0. The molecule has 0 heterocycles. The van der Waals surface area contributed by atoms with Crippen molar-refractivity contribution in [3.05, 3.63) is 64.7 Å². The zero-order valence-corrected chi connectivity index (χ0v) is 11.4. The summed E-state index contributed by atoms with van der Waals surface area (Å²) < 4.78 is 0. The van der Waals surface area contributed by atoms with Gasteiger partial charge < -0.3 is 0 Å². The summed E-state index contributed by atoms with van der Waals surface area (Å²) in [6.07, 6.45) is 8.31. The molecule has 0 aliphatic rings. The Morgan fingerprint density at radius 1 is 1.21 bits per heavy atom. The molecule has 19 heavy (non-hydrogen) atoms. The molecule has 0 fully saturated rings. The van der Waals surface area contributed by atoms with Gasteiger partial charge in [0.1, 0.15) is 0 Å². The van der Waals surface area contributed by atoms with E-state index in [9.17, 15) is 0 Å². The van der Waals surface area contributed by atoms with Gasteiger partial charge in [0.25, 0.3) is 0 Å². The Morgan fingerprint density at radius 2 is 2.05 bits per heavy atom. The number of aryl methyl sites for hydroxylation is 2. The van der Waals surface area contributed by atoms with E-state index in [0.717, 1.165) is 23.2 Å². The number of hydrogen-bond acceptors (Lipinski definition) is 1. The molecule has 0 aliphatic carbocycles. The molecule has 0 bridgehead atoms. The maximum atomic E-state index is 5.38. The van der Waals surface area contributed by atoms with Crippen molar-refractivity contribution >= 4 is 11.9 Å². The SMILES string of the molecule is C#Cc1cccc(N=Cc2cc(C)cc(CC)c2)c1. The molecule has 2 aromatic rings. The maximum absolute atomic E-state index is 5.38. The Bertz CT molecular complexity index is 645. The molecule has 0 spiro atoms. The Labute approximate surface area is 115 Å². The van der Waals surface area contributed by atoms with Crippen LogP contribution in [0.25, 0.3) is 0 Å². The Hall–Kier alpha value is -2.33. The van der Waals surface area contributed by atoms with Crippen LogP contribution >= 0.6 is 0 Å². The predicted molar refractivity (Wildman–Crippen MR) is 82.2 cm³/mol. The second-order valence-electron chi connectivity index (χ2n) is 4.56. The predicted octanol–water partition coefficient (Wildman–Crippen LogP) is 4.29. The monoisotopic (exact) mass is 247 g/mol. The van der Waals surface area contributed by atoms with Gasteiger partial charge in [-0.05, 0) is 42.7 Å². The van der Waals surface area contributed by atoms with Gasteiger partial charge >= 0.3 is 0 Å². The highest BCUT2D eigenvalue weighted by atomic mass is 14.7. The molecule has 1 nitrogen and oxygen atoms in total. The van der Waals surface area contributed by atoms with Crippen LogP contribution in [0, 0.1) is 19.3 Å². The molecular formula is C18H17N. The van der Waals surface area contributed by atoms with E-state index < -0.39 is 0 Å². The van der Waals surface area contributed by atoms with Crippen LogP contribution in [0.5, 0.6) is 0 Å². The highest BCUT2D eigenvalue weighted by molar-refractivity contribution is 5.82. The first-order valence-corrected chi connectivity index (χ1v) is 6.42. The lowest BCUT2D eigenvalue weighted by Crippen LogP contribution is -1.88. The molecule has 2 aromatic carbocycles. The second-order valence-corrected chi connectivity index (χ2v) is 4.56. The first-order valence-electron chi connectivity index (χ1n) is 6.42. The Morgan fingerprint density at radius 3 is 2.79 bits per heavy atom. The highest BCUT2D eigenvalue weighted by Gasteiger charge is 1.96. The van der Waals surface area contributed by atoms with Crippen molar-refractivity contribution < 1.29 is 0 Å². The number of terminal acetylenes is 1. The molecule has 0 saturated heterocycles. The van der Waals surface area contributed by atoms with E-state index in [4.69, 9.17) is 6.42 Å². The van der Waals surface area contributed by atoms with Crippen molar-refractivity contribution in [3.63, 3.8) is 0 Å². The van der Waals surface area contributed by atoms with Gasteiger partial charge in [0.2, 0.25) is 0 Å². The average Bonchev–Trinajstić information content (AvgIpc) is 2.44. The topological polar surface area (TPSA) is 12.4 Å². The highest BCUT2D eigenvalue weighted by Crippen LogP contribution is 2.14. The molecular weight excluding hydrogens is 230 g/mol. The fourth-order valence-electron chi connectivity index (χ4n) is 2.00. The second kappa shape index (κ2) is 6.02. The van der Waals surface area contributed by atoms with Crippen molar-refractivity contribution in [3.8, 4) is 12.3 Å². The van der Waals surface area contributed by atoms with E-state index in [1.807, 2.05) is 30.5 Å². The normalized spacial score (nSPS) is 10.6. The standard InChI is InChI=1S/C18H17N/c1-4-15-7-6-8-18(12-15)19-13-17-10-14(3)9-16(5-2)11-17/h1,6-13H,5H2,2-3H3. The lowest BCUT2D eigenvalue weighted by Gasteiger charge is -2.02. The van der Waals surface area contributed by atoms with Crippen molar-refractivity contribution in [1.82, 2.24) is 0 Å². The molecule has 0 N–H and O–H groups in total. The zero-order valence-electron chi connectivity index (χ0n) is 11.4. The number of benzene rings is 2. The maximum Gasteiger partial charge on any atom is 0.0642 e. The van der Waals surface area contributed by atoms with Gasteiger partial charge in [-0.1, -0.05) is 42.7 Å². The Kier molecular flexibility index (Phi) is 4.15. The summed E-state index contributed by atoms with van der Waals surface area (Å²) in [5.74, 6) is 2.62. The van der Waals surface area contributed by atoms with Crippen LogP contribution in [-0.4, -0.2) is 6.21 Å². The average molecular weight is 247 g/mol. The summed E-state index contributed by atoms with van der Waals surface area (Å²) in [5, 5.41) is 0. The Balaban J connectivity index is 2.27. The van der Waals surface area contributed by atoms with Crippen molar-refractivity contribution in [2.45, 2.75) is 20.3 Å². The van der Waals surface area contributed by atoms with Crippen LogP contribution in [0.4, 0.5) is 5.69 Å². The number of rotatable bonds is 3. The fraction of sp³-hybridized carbons (Fsp3) is 0.167. The van der Waals surface area contributed by atoms with Gasteiger partial charge in [-0.15, -0.1) is 6.42 Å². The molecule has 0 aromatic heterocycles. The first kappa shape index (κ1) is 13.1. The van der Waals surface area contributed by atoms with Crippen LogP contribution in [0.3, 0.4) is 0 Å². The quantitative estimate of drug-likeness (QED) is 0.567. The largest absolute Gasteiger partial charge is 0.256 e. The molecule has 2 rings (SSSR count). The summed E-state index contributed by atoms with van der Waals surface area (Å²) in [5.41, 5.74) is 5.46. The van der Waals surface area contributed by atoms with E-state index in [1.54, 1.807) is 0 Å². The number of hydrogen-bond donors (Lipinski definition) is 0. The van der Waals surface area contributed by atoms with Crippen molar-refractivity contribution in [2.24, 2.45) is 4.99 Å². The van der Waals surface area contributed by atoms with Gasteiger partial charge in [0.05, 0.1) is 5.69 Å². The van der Waals surface area contributed by atoms with Gasteiger partial charge in [0.15, 0.2) is 0 Å².